The van der Waals surface area contributed by atoms with E-state index >= 15 is 0 Å². The van der Waals surface area contributed by atoms with Crippen molar-refractivity contribution in [2.75, 3.05) is 61.4 Å². The zero-order valence-corrected chi connectivity index (χ0v) is 16.4. The fourth-order valence-corrected chi connectivity index (χ4v) is 3.18. The molecule has 2 heterocycles. The lowest BCUT2D eigenvalue weighted by Crippen LogP contribution is -2.44. The van der Waals surface area contributed by atoms with Crippen molar-refractivity contribution in [2.24, 2.45) is 0 Å². The third-order valence-corrected chi connectivity index (χ3v) is 4.96. The molecule has 0 bridgehead atoms. The Morgan fingerprint density at radius 2 is 1.67 bits per heavy atom. The van der Waals surface area contributed by atoms with E-state index in [1.165, 1.54) is 5.69 Å². The normalized spacial score (nSPS) is 14.9. The van der Waals surface area contributed by atoms with E-state index in [4.69, 9.17) is 0 Å². The van der Waals surface area contributed by atoms with E-state index in [0.29, 0.717) is 5.69 Å². The molecule has 144 valence electrons. The number of carbonyl (C=O) groups excluding carboxylic acids is 1. The number of aromatic nitrogens is 2. The van der Waals surface area contributed by atoms with Gasteiger partial charge in [-0.1, -0.05) is 0 Å². The van der Waals surface area contributed by atoms with Crippen LogP contribution >= 0.6 is 0 Å². The second-order valence-electron chi connectivity index (χ2n) is 6.74. The number of hydrogen-bond donors (Lipinski definition) is 1. The Morgan fingerprint density at radius 3 is 2.22 bits per heavy atom. The van der Waals surface area contributed by atoms with E-state index in [1.807, 2.05) is 18.2 Å². The van der Waals surface area contributed by atoms with E-state index in [1.54, 1.807) is 6.07 Å². The Morgan fingerprint density at radius 1 is 1.00 bits per heavy atom. The summed E-state index contributed by atoms with van der Waals surface area (Å²) in [5.41, 5.74) is 2.26. The number of hydrogen-bond acceptors (Lipinski definition) is 6. The zero-order chi connectivity index (χ0) is 19.2. The van der Waals surface area contributed by atoms with Crippen LogP contribution in [0.15, 0.2) is 36.4 Å². The van der Waals surface area contributed by atoms with Crippen molar-refractivity contribution >= 4 is 23.1 Å². The molecule has 7 nitrogen and oxygen atoms in total. The molecular weight excluding hydrogens is 340 g/mol. The van der Waals surface area contributed by atoms with Gasteiger partial charge in [0.15, 0.2) is 11.5 Å². The number of rotatable bonds is 6. The van der Waals surface area contributed by atoms with Gasteiger partial charge in [0.05, 0.1) is 0 Å². The van der Waals surface area contributed by atoms with E-state index in [2.05, 4.69) is 63.2 Å². The fourth-order valence-electron chi connectivity index (χ4n) is 3.18. The van der Waals surface area contributed by atoms with Gasteiger partial charge in [-0.3, -0.25) is 4.79 Å². The van der Waals surface area contributed by atoms with Gasteiger partial charge in [0.2, 0.25) is 0 Å². The van der Waals surface area contributed by atoms with Crippen molar-refractivity contribution < 1.29 is 4.79 Å². The molecule has 1 aromatic heterocycles. The minimum atomic E-state index is -0.249. The Hall–Kier alpha value is -2.67. The molecule has 1 fully saturated rings. The van der Waals surface area contributed by atoms with E-state index in [9.17, 15) is 4.79 Å². The number of benzene rings is 1. The first-order chi connectivity index (χ1) is 13.1. The average Bonchev–Trinajstić information content (AvgIpc) is 2.71. The van der Waals surface area contributed by atoms with Crippen molar-refractivity contribution in [1.29, 1.82) is 0 Å². The first kappa shape index (κ1) is 19.1. The fraction of sp³-hybridized carbons (Fsp3) is 0.450. The average molecular weight is 368 g/mol. The molecule has 0 aliphatic carbocycles. The number of amides is 1. The predicted octanol–water partition coefficient (Wildman–Crippen LogP) is 2.33. The van der Waals surface area contributed by atoms with Crippen LogP contribution in [0.4, 0.5) is 17.2 Å². The molecule has 0 atom stereocenters. The first-order valence-electron chi connectivity index (χ1n) is 9.54. The van der Waals surface area contributed by atoms with Crippen LogP contribution in [0.1, 0.15) is 24.3 Å². The van der Waals surface area contributed by atoms with Crippen LogP contribution in [-0.2, 0) is 0 Å². The van der Waals surface area contributed by atoms with E-state index in [0.717, 1.165) is 50.8 Å². The van der Waals surface area contributed by atoms with E-state index < -0.39 is 0 Å². The molecule has 3 rings (SSSR count). The zero-order valence-electron chi connectivity index (χ0n) is 16.4. The monoisotopic (exact) mass is 368 g/mol. The summed E-state index contributed by atoms with van der Waals surface area (Å²) in [5, 5.41) is 11.1. The summed E-state index contributed by atoms with van der Waals surface area (Å²) in [6.07, 6.45) is 0. The van der Waals surface area contributed by atoms with Crippen molar-refractivity contribution in [3.05, 3.63) is 42.1 Å². The molecule has 0 unspecified atom stereocenters. The maximum Gasteiger partial charge on any atom is 0.276 e. The van der Waals surface area contributed by atoms with Crippen molar-refractivity contribution in [3.8, 4) is 0 Å². The van der Waals surface area contributed by atoms with Crippen LogP contribution in [0.25, 0.3) is 0 Å². The highest BCUT2D eigenvalue weighted by molar-refractivity contribution is 6.02. The minimum absolute atomic E-state index is 0.249. The summed E-state index contributed by atoms with van der Waals surface area (Å²) in [5.74, 6) is 0.536. The SMILES string of the molecule is CCN(CC)c1ccc(C(=O)Nc2ccc(N3CCN(C)CC3)cc2)nn1. The van der Waals surface area contributed by atoms with Crippen LogP contribution in [-0.4, -0.2) is 67.3 Å². The lowest BCUT2D eigenvalue weighted by atomic mass is 10.2. The van der Waals surface area contributed by atoms with Crippen LogP contribution < -0.4 is 15.1 Å². The molecule has 0 saturated carbocycles. The maximum atomic E-state index is 12.4. The maximum absolute atomic E-state index is 12.4. The Kier molecular flexibility index (Phi) is 6.24. The molecule has 1 saturated heterocycles. The summed E-state index contributed by atoms with van der Waals surface area (Å²) in [7, 11) is 2.15. The van der Waals surface area contributed by atoms with Gasteiger partial charge in [0, 0.05) is 50.6 Å². The first-order valence-corrected chi connectivity index (χ1v) is 9.54. The van der Waals surface area contributed by atoms with Gasteiger partial charge in [-0.25, -0.2) is 0 Å². The lowest BCUT2D eigenvalue weighted by Gasteiger charge is -2.34. The molecule has 0 spiro atoms. The second kappa shape index (κ2) is 8.81. The highest BCUT2D eigenvalue weighted by Crippen LogP contribution is 2.20. The number of anilines is 3. The smallest absolute Gasteiger partial charge is 0.276 e. The standard InChI is InChI=1S/C20H28N6O/c1-4-25(5-2)19-11-10-18(22-23-19)20(27)21-16-6-8-17(9-7-16)26-14-12-24(3)13-15-26/h6-11H,4-5,12-15H2,1-3H3,(H,21,27). The summed E-state index contributed by atoms with van der Waals surface area (Å²) in [6, 6.07) is 11.5. The molecule has 2 aromatic rings. The molecule has 1 aliphatic heterocycles. The van der Waals surface area contributed by atoms with E-state index in [-0.39, 0.29) is 5.91 Å². The molecule has 27 heavy (non-hydrogen) atoms. The predicted molar refractivity (Wildman–Crippen MR) is 110 cm³/mol. The summed E-state index contributed by atoms with van der Waals surface area (Å²) in [4.78, 5) is 19.2. The topological polar surface area (TPSA) is 64.6 Å². The lowest BCUT2D eigenvalue weighted by molar-refractivity contribution is 0.102. The molecule has 1 aromatic carbocycles. The highest BCUT2D eigenvalue weighted by Gasteiger charge is 2.15. The molecule has 1 N–H and O–H groups in total. The van der Waals surface area contributed by atoms with Crippen LogP contribution in [0.5, 0.6) is 0 Å². The highest BCUT2D eigenvalue weighted by atomic mass is 16.1. The number of nitrogens with one attached hydrogen (secondary N) is 1. The Balaban J connectivity index is 1.60. The molecule has 1 amide bonds. The molecule has 7 heteroatoms. The molecule has 1 aliphatic rings. The summed E-state index contributed by atoms with van der Waals surface area (Å²) in [6.45, 7) is 10.0. The van der Waals surface area contributed by atoms with Gasteiger partial charge in [0.25, 0.3) is 5.91 Å². The van der Waals surface area contributed by atoms with Crippen molar-refractivity contribution in [1.82, 2.24) is 15.1 Å². The van der Waals surface area contributed by atoms with Gasteiger partial charge in [-0.2, -0.15) is 0 Å². The third kappa shape index (κ3) is 4.74. The van der Waals surface area contributed by atoms with Crippen LogP contribution in [0.2, 0.25) is 0 Å². The van der Waals surface area contributed by atoms with Gasteiger partial charge in [-0.05, 0) is 57.3 Å². The number of carbonyl (C=O) groups is 1. The number of likely N-dealkylation sites (N-methyl/N-ethyl adjacent to an activating group) is 1. The van der Waals surface area contributed by atoms with Crippen molar-refractivity contribution in [2.45, 2.75) is 13.8 Å². The summed E-state index contributed by atoms with van der Waals surface area (Å²) >= 11 is 0. The van der Waals surface area contributed by atoms with Gasteiger partial charge < -0.3 is 20.0 Å². The van der Waals surface area contributed by atoms with Gasteiger partial charge in [-0.15, -0.1) is 10.2 Å². The Labute approximate surface area is 161 Å². The molecular formula is C20H28N6O. The number of nitrogens with zero attached hydrogens (tertiary/aromatic N) is 5. The van der Waals surface area contributed by atoms with Crippen LogP contribution in [0.3, 0.4) is 0 Å². The quantitative estimate of drug-likeness (QED) is 0.844. The number of piperazine rings is 1. The van der Waals surface area contributed by atoms with Gasteiger partial charge in [0.1, 0.15) is 0 Å². The minimum Gasteiger partial charge on any atom is -0.369 e. The molecule has 0 radical (unpaired) electrons. The van der Waals surface area contributed by atoms with Gasteiger partial charge >= 0.3 is 0 Å². The largest absolute Gasteiger partial charge is 0.369 e. The van der Waals surface area contributed by atoms with Crippen LogP contribution in [0, 0.1) is 0 Å². The second-order valence-corrected chi connectivity index (χ2v) is 6.74. The third-order valence-electron chi connectivity index (χ3n) is 4.96. The Bertz CT molecular complexity index is 734. The summed E-state index contributed by atoms with van der Waals surface area (Å²) < 4.78 is 0. The van der Waals surface area contributed by atoms with Crippen molar-refractivity contribution in [3.63, 3.8) is 0 Å².